The van der Waals surface area contributed by atoms with Gasteiger partial charge in [-0.3, -0.25) is 9.69 Å². The number of rotatable bonds is 4. The van der Waals surface area contributed by atoms with Crippen molar-refractivity contribution in [3.63, 3.8) is 0 Å². The van der Waals surface area contributed by atoms with Crippen molar-refractivity contribution in [2.45, 2.75) is 32.4 Å². The molecule has 1 fully saturated rings. The van der Waals surface area contributed by atoms with E-state index < -0.39 is 0 Å². The van der Waals surface area contributed by atoms with Gasteiger partial charge in [0.05, 0.1) is 5.69 Å². The molecular weight excluding hydrogens is 348 g/mol. The van der Waals surface area contributed by atoms with Crippen LogP contribution in [0.3, 0.4) is 0 Å². The van der Waals surface area contributed by atoms with Gasteiger partial charge in [-0.15, -0.1) is 0 Å². The molecule has 1 saturated heterocycles. The quantitative estimate of drug-likeness (QED) is 0.764. The van der Waals surface area contributed by atoms with Gasteiger partial charge in [0.2, 0.25) is 0 Å². The van der Waals surface area contributed by atoms with Crippen molar-refractivity contribution in [1.82, 2.24) is 20.0 Å². The molecule has 5 nitrogen and oxygen atoms in total. The fourth-order valence-corrected chi connectivity index (χ4v) is 4.55. The van der Waals surface area contributed by atoms with Crippen LogP contribution in [0, 0.1) is 6.92 Å². The number of benzene rings is 2. The summed E-state index contributed by atoms with van der Waals surface area (Å²) >= 11 is 0. The van der Waals surface area contributed by atoms with Crippen LogP contribution in [0.4, 0.5) is 0 Å². The second kappa shape index (κ2) is 6.91. The first-order valence-electron chi connectivity index (χ1n) is 9.91. The van der Waals surface area contributed by atoms with Gasteiger partial charge >= 0.3 is 0 Å². The minimum absolute atomic E-state index is 0.0691. The summed E-state index contributed by atoms with van der Waals surface area (Å²) in [6, 6.07) is 14.7. The Balaban J connectivity index is 1.31. The van der Waals surface area contributed by atoms with Crippen molar-refractivity contribution in [3.8, 4) is 5.69 Å². The molecule has 0 spiro atoms. The third-order valence-corrected chi connectivity index (χ3v) is 6.08. The van der Waals surface area contributed by atoms with Crippen molar-refractivity contribution in [3.05, 3.63) is 82.7 Å². The number of aryl methyl sites for hydroxylation is 1. The summed E-state index contributed by atoms with van der Waals surface area (Å²) in [7, 11) is 0. The fourth-order valence-electron chi connectivity index (χ4n) is 4.55. The van der Waals surface area contributed by atoms with Gasteiger partial charge in [0.25, 0.3) is 5.91 Å². The summed E-state index contributed by atoms with van der Waals surface area (Å²) < 4.78 is 1.90. The van der Waals surface area contributed by atoms with Crippen molar-refractivity contribution in [1.29, 1.82) is 0 Å². The van der Waals surface area contributed by atoms with Gasteiger partial charge in [0.15, 0.2) is 0 Å². The van der Waals surface area contributed by atoms with E-state index in [9.17, 15) is 4.79 Å². The molecule has 142 valence electrons. The first-order valence-corrected chi connectivity index (χ1v) is 9.91. The third kappa shape index (κ3) is 3.02. The lowest BCUT2D eigenvalue weighted by Gasteiger charge is -2.19. The second-order valence-corrected chi connectivity index (χ2v) is 7.84. The Labute approximate surface area is 165 Å². The van der Waals surface area contributed by atoms with Gasteiger partial charge in [-0.05, 0) is 72.3 Å². The number of nitrogens with zero attached hydrogens (tertiary/aromatic N) is 3. The third-order valence-electron chi connectivity index (χ3n) is 6.08. The Bertz CT molecular complexity index is 1030. The fraction of sp³-hybridized carbons (Fsp3) is 0.304. The lowest BCUT2D eigenvalue weighted by molar-refractivity contribution is 0.0966. The molecule has 1 aromatic heterocycles. The van der Waals surface area contributed by atoms with E-state index in [1.165, 1.54) is 22.3 Å². The van der Waals surface area contributed by atoms with Crippen molar-refractivity contribution < 1.29 is 4.79 Å². The number of hydrogen-bond acceptors (Lipinski definition) is 3. The van der Waals surface area contributed by atoms with E-state index >= 15 is 0 Å². The first kappa shape index (κ1) is 17.2. The van der Waals surface area contributed by atoms with Crippen LogP contribution < -0.4 is 5.32 Å². The van der Waals surface area contributed by atoms with E-state index in [-0.39, 0.29) is 5.91 Å². The standard InChI is InChI=1S/C23H24N4O/c1-16-12-19(27-10-3-9-25-27)7-6-17(16)14-26-11-8-18(15-26)20-4-2-5-21-22(20)13-24-23(21)28/h2-7,9-10,12,18H,8,11,13-15H2,1H3,(H,24,28). The monoisotopic (exact) mass is 372 g/mol. The molecule has 0 aliphatic carbocycles. The van der Waals surface area contributed by atoms with Crippen molar-refractivity contribution >= 4 is 5.91 Å². The molecule has 2 aliphatic heterocycles. The summed E-state index contributed by atoms with van der Waals surface area (Å²) in [6.45, 7) is 5.96. The van der Waals surface area contributed by atoms with Crippen LogP contribution in [0.1, 0.15) is 45.0 Å². The first-order chi connectivity index (χ1) is 13.7. The Kier molecular flexibility index (Phi) is 4.24. The zero-order valence-electron chi connectivity index (χ0n) is 16.1. The lowest BCUT2D eigenvalue weighted by Crippen LogP contribution is -2.20. The maximum absolute atomic E-state index is 12.0. The molecule has 0 bridgehead atoms. The summed E-state index contributed by atoms with van der Waals surface area (Å²) in [4.78, 5) is 14.5. The molecule has 0 saturated carbocycles. The van der Waals surface area contributed by atoms with Crippen LogP contribution in [-0.4, -0.2) is 33.7 Å². The van der Waals surface area contributed by atoms with E-state index in [2.05, 4.69) is 46.5 Å². The number of fused-ring (bicyclic) bond motifs is 1. The molecule has 1 amide bonds. The average molecular weight is 372 g/mol. The molecule has 5 heteroatoms. The molecule has 1 unspecified atom stereocenters. The van der Waals surface area contributed by atoms with E-state index in [0.717, 1.165) is 37.3 Å². The maximum Gasteiger partial charge on any atom is 0.251 e. The van der Waals surface area contributed by atoms with Crippen LogP contribution in [0.2, 0.25) is 0 Å². The Morgan fingerprint density at radius 3 is 2.96 bits per heavy atom. The van der Waals surface area contributed by atoms with Crippen molar-refractivity contribution in [2.24, 2.45) is 0 Å². The molecule has 3 heterocycles. The molecule has 1 atom stereocenters. The lowest BCUT2D eigenvalue weighted by atomic mass is 9.91. The zero-order valence-corrected chi connectivity index (χ0v) is 16.1. The van der Waals surface area contributed by atoms with Crippen LogP contribution in [0.5, 0.6) is 0 Å². The zero-order chi connectivity index (χ0) is 19.1. The SMILES string of the molecule is Cc1cc(-n2cccn2)ccc1CN1CCC(c2cccc3c2CNC3=O)C1. The predicted octanol–water partition coefficient (Wildman–Crippen LogP) is 3.41. The van der Waals surface area contributed by atoms with Gasteiger partial charge in [-0.25, -0.2) is 4.68 Å². The summed E-state index contributed by atoms with van der Waals surface area (Å²) in [5, 5.41) is 7.28. The van der Waals surface area contributed by atoms with Gasteiger partial charge in [0, 0.05) is 37.6 Å². The van der Waals surface area contributed by atoms with Gasteiger partial charge < -0.3 is 5.32 Å². The highest BCUT2D eigenvalue weighted by atomic mass is 16.1. The summed E-state index contributed by atoms with van der Waals surface area (Å²) in [5.74, 6) is 0.575. The van der Waals surface area contributed by atoms with E-state index in [4.69, 9.17) is 0 Å². The average Bonchev–Trinajstić information content (AvgIpc) is 3.45. The molecule has 1 N–H and O–H groups in total. The van der Waals surface area contributed by atoms with Crippen LogP contribution in [0.15, 0.2) is 54.9 Å². The molecule has 28 heavy (non-hydrogen) atoms. The number of hydrogen-bond donors (Lipinski definition) is 1. The number of aromatic nitrogens is 2. The highest BCUT2D eigenvalue weighted by Crippen LogP contribution is 2.33. The largest absolute Gasteiger partial charge is 0.348 e. The Morgan fingerprint density at radius 1 is 1.21 bits per heavy atom. The van der Waals surface area contributed by atoms with Gasteiger partial charge in [-0.2, -0.15) is 5.10 Å². The molecule has 5 rings (SSSR count). The summed E-state index contributed by atoms with van der Waals surface area (Å²) in [6.07, 6.45) is 4.92. The van der Waals surface area contributed by atoms with Gasteiger partial charge in [0.1, 0.15) is 0 Å². The number of carbonyl (C=O) groups excluding carboxylic acids is 1. The van der Waals surface area contributed by atoms with Crippen molar-refractivity contribution in [2.75, 3.05) is 13.1 Å². The normalized spacial score (nSPS) is 19.0. The summed E-state index contributed by atoms with van der Waals surface area (Å²) in [5.41, 5.74) is 7.19. The minimum atomic E-state index is 0.0691. The molecular formula is C23H24N4O. The van der Waals surface area contributed by atoms with Crippen LogP contribution >= 0.6 is 0 Å². The maximum atomic E-state index is 12.0. The van der Waals surface area contributed by atoms with E-state index in [1.807, 2.05) is 29.1 Å². The van der Waals surface area contributed by atoms with Crippen LogP contribution in [-0.2, 0) is 13.1 Å². The number of amides is 1. The Hall–Kier alpha value is -2.92. The second-order valence-electron chi connectivity index (χ2n) is 7.84. The molecule has 0 radical (unpaired) electrons. The number of carbonyl (C=O) groups is 1. The highest BCUT2D eigenvalue weighted by Gasteiger charge is 2.29. The van der Waals surface area contributed by atoms with Crippen LogP contribution in [0.25, 0.3) is 5.69 Å². The van der Waals surface area contributed by atoms with Gasteiger partial charge in [-0.1, -0.05) is 18.2 Å². The number of likely N-dealkylation sites (tertiary alicyclic amines) is 1. The Morgan fingerprint density at radius 2 is 2.14 bits per heavy atom. The predicted molar refractivity (Wildman–Crippen MR) is 109 cm³/mol. The van der Waals surface area contributed by atoms with E-state index in [0.29, 0.717) is 12.5 Å². The topological polar surface area (TPSA) is 50.2 Å². The number of nitrogens with one attached hydrogen (secondary N) is 1. The molecule has 2 aliphatic rings. The molecule has 2 aromatic carbocycles. The molecule has 3 aromatic rings. The smallest absolute Gasteiger partial charge is 0.251 e. The highest BCUT2D eigenvalue weighted by molar-refractivity contribution is 5.98. The minimum Gasteiger partial charge on any atom is -0.348 e. The van der Waals surface area contributed by atoms with E-state index in [1.54, 1.807) is 6.20 Å².